The van der Waals surface area contributed by atoms with Crippen LogP contribution in [-0.2, 0) is 14.8 Å². The number of nitrogens with zero attached hydrogens (tertiary/aromatic N) is 3. The molecule has 9 heteroatoms. The summed E-state index contributed by atoms with van der Waals surface area (Å²) in [5.41, 5.74) is 0.891. The largest absolute Gasteiger partial charge is 0.309 e. The highest BCUT2D eigenvalue weighted by atomic mass is 79.9. The van der Waals surface area contributed by atoms with Crippen LogP contribution in [0.15, 0.2) is 76.2 Å². The van der Waals surface area contributed by atoms with E-state index in [1.165, 1.54) is 4.31 Å². The van der Waals surface area contributed by atoms with Crippen LogP contribution in [0.25, 0.3) is 5.69 Å². The fourth-order valence-corrected chi connectivity index (χ4v) is 5.26. The molecule has 1 aliphatic rings. The van der Waals surface area contributed by atoms with Gasteiger partial charge in [0, 0.05) is 29.8 Å². The van der Waals surface area contributed by atoms with E-state index in [9.17, 15) is 13.2 Å². The Kier molecular flexibility index (Phi) is 6.03. The van der Waals surface area contributed by atoms with E-state index in [-0.39, 0.29) is 17.3 Å². The Bertz CT molecular complexity index is 1130. The molecule has 0 spiro atoms. The number of benzene rings is 2. The number of nitrogens with one attached hydrogen (secondary N) is 1. The molecule has 156 valence electrons. The van der Waals surface area contributed by atoms with Crippen LogP contribution in [0, 0.1) is 5.92 Å². The Morgan fingerprint density at radius 3 is 2.53 bits per heavy atom. The number of piperidine rings is 1. The number of hydrogen-bond acceptors (Lipinski definition) is 4. The van der Waals surface area contributed by atoms with E-state index >= 15 is 0 Å². The monoisotopic (exact) mass is 488 g/mol. The summed E-state index contributed by atoms with van der Waals surface area (Å²) in [6.45, 7) is 0.564. The van der Waals surface area contributed by atoms with Crippen LogP contribution in [0.5, 0.6) is 0 Å². The molecule has 0 saturated carbocycles. The van der Waals surface area contributed by atoms with Crippen molar-refractivity contribution < 1.29 is 13.2 Å². The number of amides is 1. The lowest BCUT2D eigenvalue weighted by atomic mass is 9.99. The molecule has 2 heterocycles. The summed E-state index contributed by atoms with van der Waals surface area (Å²) in [4.78, 5) is 13.0. The van der Waals surface area contributed by atoms with Gasteiger partial charge in [0.15, 0.2) is 5.82 Å². The number of halogens is 1. The van der Waals surface area contributed by atoms with Crippen LogP contribution in [0.2, 0.25) is 0 Å². The predicted octanol–water partition coefficient (Wildman–Crippen LogP) is 3.67. The summed E-state index contributed by atoms with van der Waals surface area (Å²) >= 11 is 3.32. The number of para-hydroxylation sites is 1. The lowest BCUT2D eigenvalue weighted by molar-refractivity contribution is -0.120. The summed E-state index contributed by atoms with van der Waals surface area (Å²) in [6.07, 6.45) is 3.04. The molecule has 7 nitrogen and oxygen atoms in total. The van der Waals surface area contributed by atoms with E-state index < -0.39 is 15.9 Å². The molecular formula is C21H21BrN4O3S. The van der Waals surface area contributed by atoms with Crippen molar-refractivity contribution in [2.75, 3.05) is 18.4 Å². The lowest BCUT2D eigenvalue weighted by Gasteiger charge is -2.31. The van der Waals surface area contributed by atoms with Gasteiger partial charge in [0.2, 0.25) is 15.9 Å². The Morgan fingerprint density at radius 2 is 1.80 bits per heavy atom. The molecule has 1 N–H and O–H groups in total. The normalized spacial score (nSPS) is 17.6. The van der Waals surface area contributed by atoms with Crippen molar-refractivity contribution in [1.29, 1.82) is 0 Å². The Labute approximate surface area is 183 Å². The third kappa shape index (κ3) is 4.48. The van der Waals surface area contributed by atoms with E-state index in [1.807, 2.05) is 30.3 Å². The fourth-order valence-electron chi connectivity index (χ4n) is 3.47. The summed E-state index contributed by atoms with van der Waals surface area (Å²) in [7, 11) is -3.64. The van der Waals surface area contributed by atoms with Crippen molar-refractivity contribution in [3.63, 3.8) is 0 Å². The average molecular weight is 489 g/mol. The SMILES string of the molecule is O=C(Nc1ccn(-c2ccccc2)n1)C1CCCN(S(=O)(=O)c2ccc(Br)cc2)C1. The highest BCUT2D eigenvalue weighted by Gasteiger charge is 2.33. The van der Waals surface area contributed by atoms with Gasteiger partial charge in [-0.1, -0.05) is 34.1 Å². The van der Waals surface area contributed by atoms with Gasteiger partial charge in [-0.15, -0.1) is 0 Å². The first-order valence-electron chi connectivity index (χ1n) is 9.61. The zero-order chi connectivity index (χ0) is 21.1. The third-order valence-corrected chi connectivity index (χ3v) is 7.48. The van der Waals surface area contributed by atoms with E-state index in [0.29, 0.717) is 25.2 Å². The van der Waals surface area contributed by atoms with Gasteiger partial charge in [0.25, 0.3) is 0 Å². The molecule has 1 aliphatic heterocycles. The number of hydrogen-bond donors (Lipinski definition) is 1. The van der Waals surface area contributed by atoms with Gasteiger partial charge in [-0.25, -0.2) is 13.1 Å². The fraction of sp³-hybridized carbons (Fsp3) is 0.238. The Morgan fingerprint density at radius 1 is 1.07 bits per heavy atom. The molecule has 0 bridgehead atoms. The van der Waals surface area contributed by atoms with Crippen LogP contribution < -0.4 is 5.32 Å². The van der Waals surface area contributed by atoms with E-state index in [4.69, 9.17) is 0 Å². The highest BCUT2D eigenvalue weighted by Crippen LogP contribution is 2.25. The molecule has 2 aromatic carbocycles. The number of carbonyl (C=O) groups excluding carboxylic acids is 1. The van der Waals surface area contributed by atoms with Crippen molar-refractivity contribution in [3.05, 3.63) is 71.3 Å². The quantitative estimate of drug-likeness (QED) is 0.593. The molecule has 1 fully saturated rings. The minimum atomic E-state index is -3.64. The highest BCUT2D eigenvalue weighted by molar-refractivity contribution is 9.10. The molecular weight excluding hydrogens is 468 g/mol. The molecule has 0 radical (unpaired) electrons. The van der Waals surface area contributed by atoms with Crippen LogP contribution in [0.4, 0.5) is 5.82 Å². The van der Waals surface area contributed by atoms with Crippen LogP contribution in [0.1, 0.15) is 12.8 Å². The standard InChI is InChI=1S/C21H21BrN4O3S/c22-17-8-10-19(11-9-17)30(28,29)25-13-4-5-16(15-25)21(27)23-20-12-14-26(24-20)18-6-2-1-3-7-18/h1-3,6-12,14,16H,4-5,13,15H2,(H,23,24,27). The summed E-state index contributed by atoms with van der Waals surface area (Å²) in [6, 6.07) is 17.9. The van der Waals surface area contributed by atoms with Gasteiger partial charge in [-0.05, 0) is 49.2 Å². The van der Waals surface area contributed by atoms with Gasteiger partial charge >= 0.3 is 0 Å². The summed E-state index contributed by atoms with van der Waals surface area (Å²) in [5.74, 6) is -0.202. The molecule has 1 aromatic heterocycles. The van der Waals surface area contributed by atoms with Crippen LogP contribution in [-0.4, -0.2) is 41.5 Å². The Balaban J connectivity index is 1.44. The van der Waals surface area contributed by atoms with Crippen molar-refractivity contribution in [2.24, 2.45) is 5.92 Å². The molecule has 1 unspecified atom stereocenters. The molecule has 30 heavy (non-hydrogen) atoms. The number of rotatable bonds is 5. The molecule has 3 aromatic rings. The van der Waals surface area contributed by atoms with Gasteiger partial charge < -0.3 is 5.32 Å². The van der Waals surface area contributed by atoms with Gasteiger partial charge in [0.05, 0.1) is 16.5 Å². The van der Waals surface area contributed by atoms with Crippen molar-refractivity contribution in [3.8, 4) is 5.69 Å². The number of sulfonamides is 1. The third-order valence-electron chi connectivity index (χ3n) is 5.07. The number of aromatic nitrogens is 2. The van der Waals surface area contributed by atoms with Crippen molar-refractivity contribution >= 4 is 37.7 Å². The van der Waals surface area contributed by atoms with E-state index in [2.05, 4.69) is 26.3 Å². The first kappa shape index (κ1) is 20.8. The second-order valence-electron chi connectivity index (χ2n) is 7.13. The van der Waals surface area contributed by atoms with E-state index in [0.717, 1.165) is 10.2 Å². The zero-order valence-electron chi connectivity index (χ0n) is 16.1. The molecule has 1 saturated heterocycles. The number of anilines is 1. The smallest absolute Gasteiger partial charge is 0.243 e. The van der Waals surface area contributed by atoms with Crippen molar-refractivity contribution in [1.82, 2.24) is 14.1 Å². The topological polar surface area (TPSA) is 84.3 Å². The zero-order valence-corrected chi connectivity index (χ0v) is 18.5. The maximum Gasteiger partial charge on any atom is 0.243 e. The molecule has 1 atom stereocenters. The minimum absolute atomic E-state index is 0.156. The van der Waals surface area contributed by atoms with Gasteiger partial charge in [-0.2, -0.15) is 9.40 Å². The Hall–Kier alpha value is -2.49. The predicted molar refractivity (Wildman–Crippen MR) is 118 cm³/mol. The second-order valence-corrected chi connectivity index (χ2v) is 9.98. The van der Waals surface area contributed by atoms with Crippen LogP contribution in [0.3, 0.4) is 0 Å². The second kappa shape index (κ2) is 8.71. The lowest BCUT2D eigenvalue weighted by Crippen LogP contribution is -2.43. The first-order valence-corrected chi connectivity index (χ1v) is 11.8. The molecule has 0 aliphatic carbocycles. The minimum Gasteiger partial charge on any atom is -0.309 e. The summed E-state index contributed by atoms with van der Waals surface area (Å²) in [5, 5.41) is 7.21. The molecule has 1 amide bonds. The van der Waals surface area contributed by atoms with Gasteiger partial charge in [-0.3, -0.25) is 4.79 Å². The molecule has 4 rings (SSSR count). The van der Waals surface area contributed by atoms with Crippen molar-refractivity contribution in [2.45, 2.75) is 17.7 Å². The van der Waals surface area contributed by atoms with E-state index in [1.54, 1.807) is 41.2 Å². The maximum atomic E-state index is 12.9. The summed E-state index contributed by atoms with van der Waals surface area (Å²) < 4.78 is 29.8. The van der Waals surface area contributed by atoms with Gasteiger partial charge in [0.1, 0.15) is 0 Å². The number of carbonyl (C=O) groups is 1. The average Bonchev–Trinajstić information content (AvgIpc) is 3.23. The van der Waals surface area contributed by atoms with Crippen LogP contribution >= 0.6 is 15.9 Å². The first-order chi connectivity index (χ1) is 14.4. The maximum absolute atomic E-state index is 12.9.